The van der Waals surface area contributed by atoms with E-state index >= 15 is 0 Å². The van der Waals surface area contributed by atoms with Gasteiger partial charge in [0.2, 0.25) is 0 Å². The second-order valence-electron chi connectivity index (χ2n) is 3.25. The van der Waals surface area contributed by atoms with Crippen LogP contribution < -0.4 is 63.3 Å². The zero-order valence-electron chi connectivity index (χ0n) is 8.66. The van der Waals surface area contributed by atoms with E-state index in [1.807, 2.05) is 0 Å². The first-order valence-electron chi connectivity index (χ1n) is 4.25. The number of carbonyl (C=O) groups excluding carboxylic acids is 1. The Hall–Kier alpha value is 0.255. The summed E-state index contributed by atoms with van der Waals surface area (Å²) >= 11 is 0. The molecule has 1 heterocycles. The smallest absolute Gasteiger partial charge is 0.872 e. The minimum absolute atomic E-state index is 0. The molecule has 1 aromatic carbocycles. The average molecular weight is 279 g/mol. The van der Waals surface area contributed by atoms with Crippen LogP contribution in [0, 0.1) is 6.92 Å². The minimum Gasteiger partial charge on any atom is -0.872 e. The van der Waals surface area contributed by atoms with Gasteiger partial charge in [0, 0.05) is 5.56 Å². The van der Waals surface area contributed by atoms with Gasteiger partial charge < -0.3 is 14.9 Å². The van der Waals surface area contributed by atoms with Crippen molar-refractivity contribution < 1.29 is 77.9 Å². The standard InChI is InChI=1S/C10H10O4.Rb/c1-5-6(3-11)2-8(12)9-7(5)4-14-10(9)13;/h2,11-12H,3-4H2,1H3;/q;+1/p-1. The van der Waals surface area contributed by atoms with Crippen LogP contribution in [-0.2, 0) is 18.0 Å². The average Bonchev–Trinajstić information content (AvgIpc) is 2.54. The molecular weight excluding hydrogens is 270 g/mol. The summed E-state index contributed by atoms with van der Waals surface area (Å²) in [6, 6.07) is 1.29. The molecule has 0 aliphatic carbocycles. The van der Waals surface area contributed by atoms with E-state index in [9.17, 15) is 9.90 Å². The zero-order chi connectivity index (χ0) is 10.3. The third-order valence-electron chi connectivity index (χ3n) is 2.51. The number of carbonyl (C=O) groups is 1. The number of esters is 1. The van der Waals surface area contributed by atoms with Crippen molar-refractivity contribution in [3.05, 3.63) is 28.3 Å². The summed E-state index contributed by atoms with van der Waals surface area (Å²) < 4.78 is 4.76. The van der Waals surface area contributed by atoms with Gasteiger partial charge >= 0.3 is 64.2 Å². The van der Waals surface area contributed by atoms with Crippen molar-refractivity contribution in [2.45, 2.75) is 20.1 Å². The van der Waals surface area contributed by atoms with Crippen LogP contribution in [0.4, 0.5) is 0 Å². The van der Waals surface area contributed by atoms with E-state index in [1.165, 1.54) is 6.07 Å². The van der Waals surface area contributed by atoms with Crippen LogP contribution in [0.2, 0.25) is 0 Å². The van der Waals surface area contributed by atoms with Crippen molar-refractivity contribution in [2.24, 2.45) is 0 Å². The van der Waals surface area contributed by atoms with Crippen LogP contribution in [0.25, 0.3) is 0 Å². The van der Waals surface area contributed by atoms with Crippen molar-refractivity contribution >= 4 is 5.97 Å². The second-order valence-corrected chi connectivity index (χ2v) is 3.25. The van der Waals surface area contributed by atoms with E-state index in [0.29, 0.717) is 11.1 Å². The van der Waals surface area contributed by atoms with Crippen LogP contribution in [0.15, 0.2) is 6.07 Å². The predicted molar refractivity (Wildman–Crippen MR) is 45.7 cm³/mol. The molecule has 1 aromatic rings. The van der Waals surface area contributed by atoms with Gasteiger partial charge in [-0.25, -0.2) is 4.79 Å². The summed E-state index contributed by atoms with van der Waals surface area (Å²) in [4.78, 5) is 11.2. The SMILES string of the molecule is Cc1c(CO)cc([O-])c2c1COC2=O.[Rb+]. The first-order chi connectivity index (χ1) is 6.65. The first-order valence-corrected chi connectivity index (χ1v) is 4.25. The molecule has 4 nitrogen and oxygen atoms in total. The predicted octanol–water partition coefficient (Wildman–Crippen LogP) is -2.76. The molecule has 1 aliphatic heterocycles. The van der Waals surface area contributed by atoms with Gasteiger partial charge in [-0.1, -0.05) is 11.8 Å². The van der Waals surface area contributed by atoms with E-state index in [2.05, 4.69) is 0 Å². The summed E-state index contributed by atoms with van der Waals surface area (Å²) in [6.07, 6.45) is 0. The Bertz CT molecular complexity index is 414. The van der Waals surface area contributed by atoms with Crippen LogP contribution >= 0.6 is 0 Å². The number of benzene rings is 1. The number of aliphatic hydroxyl groups is 1. The number of hydrogen-bond acceptors (Lipinski definition) is 4. The van der Waals surface area contributed by atoms with E-state index in [-0.39, 0.29) is 82.7 Å². The minimum atomic E-state index is -0.558. The van der Waals surface area contributed by atoms with E-state index in [4.69, 9.17) is 9.84 Å². The molecule has 74 valence electrons. The molecule has 0 unspecified atom stereocenters. The zero-order valence-corrected chi connectivity index (χ0v) is 13.6. The molecule has 0 radical (unpaired) electrons. The van der Waals surface area contributed by atoms with Crippen LogP contribution in [0.5, 0.6) is 5.75 Å². The maximum absolute atomic E-state index is 11.4. The Kier molecular flexibility index (Phi) is 4.49. The van der Waals surface area contributed by atoms with Crippen molar-refractivity contribution in [1.29, 1.82) is 0 Å². The summed E-state index contributed by atoms with van der Waals surface area (Å²) in [7, 11) is 0. The molecule has 0 atom stereocenters. The van der Waals surface area contributed by atoms with Gasteiger partial charge in [0.15, 0.2) is 0 Å². The van der Waals surface area contributed by atoms with Gasteiger partial charge in [-0.3, -0.25) is 0 Å². The fourth-order valence-electron chi connectivity index (χ4n) is 1.65. The number of hydrogen-bond donors (Lipinski definition) is 1. The molecule has 1 N–H and O–H groups in total. The van der Waals surface area contributed by atoms with Crippen molar-refractivity contribution in [3.8, 4) is 5.75 Å². The molecule has 5 heteroatoms. The van der Waals surface area contributed by atoms with Crippen LogP contribution in [0.3, 0.4) is 0 Å². The Morgan fingerprint density at radius 3 is 2.87 bits per heavy atom. The van der Waals surface area contributed by atoms with Gasteiger partial charge in [0.25, 0.3) is 0 Å². The molecule has 0 saturated carbocycles. The van der Waals surface area contributed by atoms with Gasteiger partial charge in [0.05, 0.1) is 12.2 Å². The molecule has 0 aromatic heterocycles. The fourth-order valence-corrected chi connectivity index (χ4v) is 1.65. The van der Waals surface area contributed by atoms with Crippen LogP contribution in [0.1, 0.15) is 27.0 Å². The molecule has 0 saturated heterocycles. The van der Waals surface area contributed by atoms with Crippen molar-refractivity contribution in [3.63, 3.8) is 0 Å². The molecule has 0 fully saturated rings. The topological polar surface area (TPSA) is 69.6 Å². The molecule has 0 bridgehead atoms. The number of rotatable bonds is 1. The fraction of sp³-hybridized carbons (Fsp3) is 0.300. The molecule has 1 aliphatic rings. The largest absolute Gasteiger partial charge is 1.00 e. The third kappa shape index (κ3) is 2.19. The third-order valence-corrected chi connectivity index (χ3v) is 2.51. The quantitative estimate of drug-likeness (QED) is 0.565. The van der Waals surface area contributed by atoms with Gasteiger partial charge in [-0.15, -0.1) is 0 Å². The van der Waals surface area contributed by atoms with Crippen molar-refractivity contribution in [2.75, 3.05) is 0 Å². The maximum atomic E-state index is 11.4. The maximum Gasteiger partial charge on any atom is 1.00 e. The van der Waals surface area contributed by atoms with Gasteiger partial charge in [-0.05, 0) is 18.1 Å². The number of aliphatic hydroxyl groups excluding tert-OH is 1. The normalized spacial score (nSPS) is 13.1. The summed E-state index contributed by atoms with van der Waals surface area (Å²) in [6.45, 7) is 1.72. The molecule has 2 rings (SSSR count). The molecular formula is C10H9O4Rb. The monoisotopic (exact) mass is 278 g/mol. The molecule has 0 spiro atoms. The number of ether oxygens (including phenoxy) is 1. The van der Waals surface area contributed by atoms with E-state index in [1.54, 1.807) is 6.92 Å². The first kappa shape index (κ1) is 13.3. The summed E-state index contributed by atoms with van der Waals surface area (Å²) in [5.74, 6) is -0.922. The van der Waals surface area contributed by atoms with E-state index < -0.39 is 5.97 Å². The Morgan fingerprint density at radius 2 is 2.27 bits per heavy atom. The van der Waals surface area contributed by atoms with Gasteiger partial charge in [-0.2, -0.15) is 0 Å². The Morgan fingerprint density at radius 1 is 1.60 bits per heavy atom. The van der Waals surface area contributed by atoms with Gasteiger partial charge in [0.1, 0.15) is 6.61 Å². The molecule has 0 amide bonds. The molecule has 15 heavy (non-hydrogen) atoms. The second kappa shape index (κ2) is 5.06. The van der Waals surface area contributed by atoms with Crippen LogP contribution in [-0.4, -0.2) is 11.1 Å². The van der Waals surface area contributed by atoms with Crippen molar-refractivity contribution in [1.82, 2.24) is 0 Å². The van der Waals surface area contributed by atoms with E-state index in [0.717, 1.165) is 5.56 Å². The number of cyclic esters (lactones) is 1. The summed E-state index contributed by atoms with van der Waals surface area (Å²) in [5, 5.41) is 20.4. The summed E-state index contributed by atoms with van der Waals surface area (Å²) in [5.41, 5.74) is 2.08. The number of fused-ring (bicyclic) bond motifs is 1. The Balaban J connectivity index is 0.00000112. The Labute approximate surface area is 136 Å².